The lowest BCUT2D eigenvalue weighted by Crippen LogP contribution is -2.13. The van der Waals surface area contributed by atoms with Crippen LogP contribution in [0.1, 0.15) is 38.9 Å². The Labute approximate surface area is 158 Å². The van der Waals surface area contributed by atoms with Gasteiger partial charge in [0.2, 0.25) is 0 Å². The molecule has 136 valence electrons. The maximum Gasteiger partial charge on any atom is 0.274 e. The fourth-order valence-corrected chi connectivity index (χ4v) is 2.57. The maximum atomic E-state index is 12.3. The van der Waals surface area contributed by atoms with Crippen molar-refractivity contribution in [3.63, 3.8) is 0 Å². The molecule has 0 aliphatic rings. The molecule has 3 aromatic rings. The molecular formula is C22H21N3O2. The fraction of sp³-hybridized carbons (Fsp3) is 0.136. The number of Topliss-reactive ketones (excluding diaryl/α,β-unsaturated/α-hetero) is 1. The van der Waals surface area contributed by atoms with Crippen LogP contribution in [0.3, 0.4) is 0 Å². The highest BCUT2D eigenvalue weighted by Crippen LogP contribution is 2.19. The summed E-state index contributed by atoms with van der Waals surface area (Å²) in [5, 5.41) is 6.05. The van der Waals surface area contributed by atoms with E-state index in [1.807, 2.05) is 12.1 Å². The molecule has 0 saturated heterocycles. The molecule has 0 radical (unpaired) electrons. The molecule has 3 rings (SSSR count). The minimum atomic E-state index is -0.302. The second-order valence-electron chi connectivity index (χ2n) is 6.44. The van der Waals surface area contributed by atoms with E-state index in [-0.39, 0.29) is 11.7 Å². The number of amides is 1. The van der Waals surface area contributed by atoms with Crippen LogP contribution in [0.2, 0.25) is 0 Å². The smallest absolute Gasteiger partial charge is 0.274 e. The van der Waals surface area contributed by atoms with Crippen molar-refractivity contribution in [2.45, 2.75) is 20.8 Å². The van der Waals surface area contributed by atoms with E-state index < -0.39 is 0 Å². The Morgan fingerprint density at radius 2 is 1.48 bits per heavy atom. The fourth-order valence-electron chi connectivity index (χ4n) is 2.57. The highest BCUT2D eigenvalue weighted by atomic mass is 16.2. The number of carbonyl (C=O) groups is 2. The number of aryl methyl sites for hydroxylation is 2. The molecule has 1 heterocycles. The summed E-state index contributed by atoms with van der Waals surface area (Å²) in [7, 11) is 0. The van der Waals surface area contributed by atoms with Crippen molar-refractivity contribution in [1.82, 2.24) is 4.98 Å². The molecule has 0 bridgehead atoms. The minimum absolute atomic E-state index is 0.0126. The molecule has 1 aromatic heterocycles. The Hall–Kier alpha value is -3.47. The number of nitrogens with one attached hydrogen (secondary N) is 2. The van der Waals surface area contributed by atoms with Crippen molar-refractivity contribution in [3.05, 3.63) is 83.2 Å². The van der Waals surface area contributed by atoms with E-state index in [2.05, 4.69) is 41.6 Å². The molecule has 0 unspecified atom stereocenters. The molecule has 0 saturated carbocycles. The van der Waals surface area contributed by atoms with Crippen molar-refractivity contribution < 1.29 is 9.59 Å². The zero-order valence-electron chi connectivity index (χ0n) is 15.5. The summed E-state index contributed by atoms with van der Waals surface area (Å²) in [4.78, 5) is 27.8. The van der Waals surface area contributed by atoms with Gasteiger partial charge in [-0.3, -0.25) is 9.59 Å². The third kappa shape index (κ3) is 4.58. The van der Waals surface area contributed by atoms with Crippen molar-refractivity contribution in [2.75, 3.05) is 10.6 Å². The van der Waals surface area contributed by atoms with Crippen molar-refractivity contribution in [2.24, 2.45) is 0 Å². The highest BCUT2D eigenvalue weighted by molar-refractivity contribution is 6.03. The van der Waals surface area contributed by atoms with E-state index in [0.29, 0.717) is 16.9 Å². The van der Waals surface area contributed by atoms with E-state index in [9.17, 15) is 9.59 Å². The standard InChI is InChI=1S/C22H21N3O2/c1-14-4-7-19(12-15(14)2)24-20-10-11-21(23-13-20)22(27)25-18-8-5-17(6-9-18)16(3)26/h4-13,24H,1-3H3,(H,25,27). The van der Waals surface area contributed by atoms with Crippen LogP contribution in [0.15, 0.2) is 60.8 Å². The quantitative estimate of drug-likeness (QED) is 0.636. The van der Waals surface area contributed by atoms with E-state index in [0.717, 1.165) is 11.4 Å². The molecule has 0 aliphatic heterocycles. The monoisotopic (exact) mass is 359 g/mol. The Morgan fingerprint density at radius 3 is 2.07 bits per heavy atom. The number of hydrogen-bond donors (Lipinski definition) is 2. The van der Waals surface area contributed by atoms with Crippen LogP contribution in [0.25, 0.3) is 0 Å². The van der Waals surface area contributed by atoms with Crippen LogP contribution < -0.4 is 10.6 Å². The molecule has 27 heavy (non-hydrogen) atoms. The second kappa shape index (κ2) is 7.83. The SMILES string of the molecule is CC(=O)c1ccc(NC(=O)c2ccc(Nc3ccc(C)c(C)c3)cn2)cc1. The first-order chi connectivity index (χ1) is 12.9. The van der Waals surface area contributed by atoms with Gasteiger partial charge < -0.3 is 10.6 Å². The van der Waals surface area contributed by atoms with Gasteiger partial charge in [0.15, 0.2) is 5.78 Å². The van der Waals surface area contributed by atoms with Gasteiger partial charge in [-0.15, -0.1) is 0 Å². The van der Waals surface area contributed by atoms with Crippen LogP contribution in [0, 0.1) is 13.8 Å². The summed E-state index contributed by atoms with van der Waals surface area (Å²) in [6, 6.07) is 16.4. The van der Waals surface area contributed by atoms with Gasteiger partial charge in [0.05, 0.1) is 11.9 Å². The van der Waals surface area contributed by atoms with E-state index in [1.165, 1.54) is 18.1 Å². The zero-order chi connectivity index (χ0) is 19.4. The first-order valence-electron chi connectivity index (χ1n) is 8.65. The van der Waals surface area contributed by atoms with Gasteiger partial charge in [-0.1, -0.05) is 6.07 Å². The lowest BCUT2D eigenvalue weighted by atomic mass is 10.1. The van der Waals surface area contributed by atoms with Crippen LogP contribution in [-0.2, 0) is 0 Å². The third-order valence-electron chi connectivity index (χ3n) is 4.34. The average Bonchev–Trinajstić information content (AvgIpc) is 2.66. The molecule has 5 nitrogen and oxygen atoms in total. The molecule has 0 aliphatic carbocycles. The summed E-state index contributed by atoms with van der Waals surface area (Å²) >= 11 is 0. The maximum absolute atomic E-state index is 12.3. The summed E-state index contributed by atoms with van der Waals surface area (Å²) in [6.45, 7) is 5.64. The molecule has 2 aromatic carbocycles. The van der Waals surface area contributed by atoms with Crippen LogP contribution >= 0.6 is 0 Å². The first-order valence-corrected chi connectivity index (χ1v) is 8.65. The lowest BCUT2D eigenvalue weighted by molar-refractivity contribution is 0.101. The predicted octanol–water partition coefficient (Wildman–Crippen LogP) is 4.90. The number of ketones is 1. The number of rotatable bonds is 5. The third-order valence-corrected chi connectivity index (χ3v) is 4.34. The lowest BCUT2D eigenvalue weighted by Gasteiger charge is -2.09. The van der Waals surface area contributed by atoms with E-state index >= 15 is 0 Å². The summed E-state index contributed by atoms with van der Waals surface area (Å²) < 4.78 is 0. The number of hydrogen-bond acceptors (Lipinski definition) is 4. The van der Waals surface area contributed by atoms with Gasteiger partial charge in [-0.05, 0) is 80.4 Å². The number of nitrogens with zero attached hydrogens (tertiary/aromatic N) is 1. The average molecular weight is 359 g/mol. The topological polar surface area (TPSA) is 71.1 Å². The summed E-state index contributed by atoms with van der Waals surface area (Å²) in [6.07, 6.45) is 1.63. The Morgan fingerprint density at radius 1 is 0.815 bits per heavy atom. The van der Waals surface area contributed by atoms with Crippen molar-refractivity contribution >= 4 is 28.8 Å². The normalized spacial score (nSPS) is 10.3. The first kappa shape index (κ1) is 18.3. The van der Waals surface area contributed by atoms with Gasteiger partial charge >= 0.3 is 0 Å². The van der Waals surface area contributed by atoms with Gasteiger partial charge in [-0.2, -0.15) is 0 Å². The van der Waals surface area contributed by atoms with Crippen LogP contribution in [-0.4, -0.2) is 16.7 Å². The van der Waals surface area contributed by atoms with Crippen LogP contribution in [0.4, 0.5) is 17.1 Å². The van der Waals surface area contributed by atoms with Gasteiger partial charge in [0, 0.05) is 16.9 Å². The Bertz CT molecular complexity index is 977. The number of benzene rings is 2. The Balaban J connectivity index is 1.66. The summed E-state index contributed by atoms with van der Waals surface area (Å²) in [5.74, 6) is -0.315. The highest BCUT2D eigenvalue weighted by Gasteiger charge is 2.08. The Kier molecular flexibility index (Phi) is 5.31. The van der Waals surface area contributed by atoms with E-state index in [4.69, 9.17) is 0 Å². The predicted molar refractivity (Wildman–Crippen MR) is 108 cm³/mol. The second-order valence-corrected chi connectivity index (χ2v) is 6.44. The molecule has 0 fully saturated rings. The molecule has 0 atom stereocenters. The largest absolute Gasteiger partial charge is 0.354 e. The summed E-state index contributed by atoms with van der Waals surface area (Å²) in [5.41, 5.74) is 5.76. The zero-order valence-corrected chi connectivity index (χ0v) is 15.5. The van der Waals surface area contributed by atoms with E-state index in [1.54, 1.807) is 36.5 Å². The molecule has 0 spiro atoms. The van der Waals surface area contributed by atoms with Gasteiger partial charge in [0.1, 0.15) is 5.69 Å². The van der Waals surface area contributed by atoms with Gasteiger partial charge in [-0.25, -0.2) is 4.98 Å². The van der Waals surface area contributed by atoms with Gasteiger partial charge in [0.25, 0.3) is 5.91 Å². The number of pyridine rings is 1. The van der Waals surface area contributed by atoms with Crippen molar-refractivity contribution in [3.8, 4) is 0 Å². The molecule has 5 heteroatoms. The van der Waals surface area contributed by atoms with Crippen molar-refractivity contribution in [1.29, 1.82) is 0 Å². The minimum Gasteiger partial charge on any atom is -0.354 e. The number of anilines is 3. The number of carbonyl (C=O) groups excluding carboxylic acids is 2. The molecule has 2 N–H and O–H groups in total. The molecular weight excluding hydrogens is 338 g/mol. The van der Waals surface area contributed by atoms with Crippen LogP contribution in [0.5, 0.6) is 0 Å². The number of aromatic nitrogens is 1. The molecule has 1 amide bonds.